The van der Waals surface area contributed by atoms with Crippen LogP contribution in [0.5, 0.6) is 17.4 Å². The van der Waals surface area contributed by atoms with Crippen molar-refractivity contribution in [3.05, 3.63) is 82.5 Å². The van der Waals surface area contributed by atoms with Crippen LogP contribution < -0.4 is 15.2 Å². The van der Waals surface area contributed by atoms with E-state index in [1.807, 2.05) is 0 Å². The molecule has 164 valence electrons. The van der Waals surface area contributed by atoms with Crippen molar-refractivity contribution in [2.75, 3.05) is 6.61 Å². The third-order valence-corrected chi connectivity index (χ3v) is 4.97. The van der Waals surface area contributed by atoms with E-state index in [1.54, 1.807) is 12.1 Å². The predicted octanol–water partition coefficient (Wildman–Crippen LogP) is 4.55. The molecule has 0 aliphatic carbocycles. The van der Waals surface area contributed by atoms with Crippen molar-refractivity contribution in [3.63, 3.8) is 0 Å². The summed E-state index contributed by atoms with van der Waals surface area (Å²) in [5, 5.41) is 0. The maximum Gasteiger partial charge on any atom is 0.421 e. The largest absolute Gasteiger partial charge is 0.492 e. The van der Waals surface area contributed by atoms with Crippen LogP contribution in [0.15, 0.2) is 54.7 Å². The highest BCUT2D eigenvalue weighted by Gasteiger charge is 2.38. The third-order valence-electron chi connectivity index (χ3n) is 4.97. The Balaban J connectivity index is 1.67. The number of Topliss-reactive ketones (excluding diaryl/α,β-unsaturated/α-hetero) is 1. The molecule has 1 aliphatic rings. The van der Waals surface area contributed by atoms with E-state index >= 15 is 0 Å². The van der Waals surface area contributed by atoms with Gasteiger partial charge in [0.1, 0.15) is 17.1 Å². The smallest absolute Gasteiger partial charge is 0.421 e. The molecular formula is C23H17F3N2O4. The van der Waals surface area contributed by atoms with Crippen molar-refractivity contribution in [1.82, 2.24) is 4.98 Å². The summed E-state index contributed by atoms with van der Waals surface area (Å²) in [7, 11) is 0. The maximum absolute atomic E-state index is 14.0. The molecule has 4 rings (SSSR count). The fourth-order valence-electron chi connectivity index (χ4n) is 3.43. The molecule has 1 aliphatic heterocycles. The first-order valence-corrected chi connectivity index (χ1v) is 9.64. The minimum absolute atomic E-state index is 0.0429. The van der Waals surface area contributed by atoms with Crippen LogP contribution in [0.2, 0.25) is 0 Å². The van der Waals surface area contributed by atoms with Crippen LogP contribution >= 0.6 is 0 Å². The minimum Gasteiger partial charge on any atom is -0.492 e. The predicted molar refractivity (Wildman–Crippen MR) is 108 cm³/mol. The molecule has 1 amide bonds. The molecule has 0 atom stereocenters. The van der Waals surface area contributed by atoms with Crippen LogP contribution in [-0.2, 0) is 12.6 Å². The number of halogens is 3. The Hall–Kier alpha value is -3.88. The normalized spacial score (nSPS) is 13.3. The van der Waals surface area contributed by atoms with Gasteiger partial charge in [0.15, 0.2) is 5.78 Å². The lowest BCUT2D eigenvalue weighted by Crippen LogP contribution is -2.15. The zero-order valence-electron chi connectivity index (χ0n) is 16.6. The molecule has 0 saturated heterocycles. The maximum atomic E-state index is 14.0. The van der Waals surface area contributed by atoms with Gasteiger partial charge in [0.25, 0.3) is 0 Å². The molecule has 9 heteroatoms. The molecule has 6 nitrogen and oxygen atoms in total. The average Bonchev–Trinajstić information content (AvgIpc) is 2.73. The van der Waals surface area contributed by atoms with E-state index in [9.17, 15) is 22.8 Å². The van der Waals surface area contributed by atoms with Gasteiger partial charge in [0.05, 0.1) is 12.2 Å². The zero-order valence-corrected chi connectivity index (χ0v) is 16.6. The fourth-order valence-corrected chi connectivity index (χ4v) is 3.43. The Morgan fingerprint density at radius 1 is 1.12 bits per heavy atom. The Kier molecular flexibility index (Phi) is 5.56. The summed E-state index contributed by atoms with van der Waals surface area (Å²) in [5.74, 6) is -0.998. The van der Waals surface area contributed by atoms with Gasteiger partial charge in [-0.1, -0.05) is 12.1 Å². The lowest BCUT2D eigenvalue weighted by atomic mass is 9.99. The van der Waals surface area contributed by atoms with Crippen LogP contribution in [0.4, 0.5) is 13.2 Å². The standard InChI is InChI=1S/C23H17F3N2O4/c24-23(25,26)20-15(11-13-1-3-14(4-2-13)21(27)30)7-9-28-22(20)32-16-5-6-17-18(29)8-10-31-19(17)12-16/h1-7,9,12H,8,10-11H2,(H2,27,30). The van der Waals surface area contributed by atoms with Crippen molar-refractivity contribution in [1.29, 1.82) is 0 Å². The topological polar surface area (TPSA) is 91.5 Å². The van der Waals surface area contributed by atoms with Gasteiger partial charge >= 0.3 is 6.18 Å². The molecule has 0 saturated carbocycles. The second kappa shape index (κ2) is 8.33. The number of nitrogens with two attached hydrogens (primary N) is 1. The molecule has 32 heavy (non-hydrogen) atoms. The number of primary amides is 1. The van der Waals surface area contributed by atoms with Crippen molar-refractivity contribution in [2.24, 2.45) is 5.73 Å². The summed E-state index contributed by atoms with van der Waals surface area (Å²) in [6, 6.07) is 11.5. The summed E-state index contributed by atoms with van der Waals surface area (Å²) in [6.45, 7) is 0.200. The number of aromatic nitrogens is 1. The molecule has 0 spiro atoms. The number of nitrogens with zero attached hydrogens (tertiary/aromatic N) is 1. The highest BCUT2D eigenvalue weighted by Crippen LogP contribution is 2.40. The molecule has 0 unspecified atom stereocenters. The zero-order chi connectivity index (χ0) is 22.9. The average molecular weight is 442 g/mol. The SMILES string of the molecule is NC(=O)c1ccc(Cc2ccnc(Oc3ccc4c(c3)OCCC4=O)c2C(F)(F)F)cc1. The minimum atomic E-state index is -4.73. The Morgan fingerprint density at radius 3 is 2.56 bits per heavy atom. The number of ether oxygens (including phenoxy) is 2. The Morgan fingerprint density at radius 2 is 1.88 bits per heavy atom. The molecule has 2 aromatic carbocycles. The number of fused-ring (bicyclic) bond motifs is 1. The first-order valence-electron chi connectivity index (χ1n) is 9.64. The van der Waals surface area contributed by atoms with E-state index < -0.39 is 23.5 Å². The summed E-state index contributed by atoms with van der Waals surface area (Å²) in [6.07, 6.45) is -3.31. The van der Waals surface area contributed by atoms with Crippen molar-refractivity contribution in [3.8, 4) is 17.4 Å². The van der Waals surface area contributed by atoms with Crippen molar-refractivity contribution < 1.29 is 32.2 Å². The summed E-state index contributed by atoms with van der Waals surface area (Å²) in [5.41, 5.74) is 5.33. The van der Waals surface area contributed by atoms with Gasteiger partial charge in [-0.05, 0) is 47.9 Å². The summed E-state index contributed by atoms with van der Waals surface area (Å²) >= 11 is 0. The van der Waals surface area contributed by atoms with E-state index in [4.69, 9.17) is 15.2 Å². The van der Waals surface area contributed by atoms with Crippen LogP contribution in [0.3, 0.4) is 0 Å². The first kappa shape index (κ1) is 21.4. The lowest BCUT2D eigenvalue weighted by Gasteiger charge is -2.19. The van der Waals surface area contributed by atoms with E-state index in [0.29, 0.717) is 11.1 Å². The monoisotopic (exact) mass is 442 g/mol. The summed E-state index contributed by atoms with van der Waals surface area (Å²) < 4.78 is 52.8. The second-order valence-corrected chi connectivity index (χ2v) is 7.17. The van der Waals surface area contributed by atoms with Gasteiger partial charge in [0.2, 0.25) is 11.8 Å². The van der Waals surface area contributed by atoms with Gasteiger partial charge in [-0.3, -0.25) is 9.59 Å². The molecular weight excluding hydrogens is 425 g/mol. The summed E-state index contributed by atoms with van der Waals surface area (Å²) in [4.78, 5) is 26.9. The number of pyridine rings is 1. The van der Waals surface area contributed by atoms with Crippen LogP contribution in [0.25, 0.3) is 0 Å². The van der Waals surface area contributed by atoms with E-state index in [2.05, 4.69) is 4.98 Å². The molecule has 0 bridgehead atoms. The van der Waals surface area contributed by atoms with Gasteiger partial charge < -0.3 is 15.2 Å². The number of benzene rings is 2. The number of hydrogen-bond donors (Lipinski definition) is 1. The van der Waals surface area contributed by atoms with E-state index in [1.165, 1.54) is 42.6 Å². The van der Waals surface area contributed by atoms with Crippen LogP contribution in [0, 0.1) is 0 Å². The quantitative estimate of drug-likeness (QED) is 0.626. The van der Waals surface area contributed by atoms with Crippen molar-refractivity contribution >= 4 is 11.7 Å². The fraction of sp³-hybridized carbons (Fsp3) is 0.174. The number of amides is 1. The van der Waals surface area contributed by atoms with Crippen LogP contribution in [0.1, 0.15) is 43.8 Å². The van der Waals surface area contributed by atoms with Gasteiger partial charge in [0, 0.05) is 24.2 Å². The van der Waals surface area contributed by atoms with E-state index in [-0.39, 0.29) is 47.9 Å². The molecule has 3 aromatic rings. The first-order chi connectivity index (χ1) is 15.2. The van der Waals surface area contributed by atoms with Crippen molar-refractivity contribution in [2.45, 2.75) is 19.0 Å². The third kappa shape index (κ3) is 4.41. The highest BCUT2D eigenvalue weighted by atomic mass is 19.4. The molecule has 1 aromatic heterocycles. The molecule has 0 fully saturated rings. The Bertz CT molecular complexity index is 1190. The second-order valence-electron chi connectivity index (χ2n) is 7.17. The van der Waals surface area contributed by atoms with Gasteiger partial charge in [-0.25, -0.2) is 4.98 Å². The number of rotatable bonds is 5. The number of alkyl halides is 3. The number of carbonyl (C=O) groups excluding carboxylic acids is 2. The highest BCUT2D eigenvalue weighted by molar-refractivity contribution is 5.99. The lowest BCUT2D eigenvalue weighted by molar-refractivity contribution is -0.139. The molecule has 2 N–H and O–H groups in total. The van der Waals surface area contributed by atoms with Crippen LogP contribution in [-0.4, -0.2) is 23.3 Å². The number of hydrogen-bond acceptors (Lipinski definition) is 5. The number of ketones is 1. The van der Waals surface area contributed by atoms with Gasteiger partial charge in [-0.2, -0.15) is 13.2 Å². The van der Waals surface area contributed by atoms with E-state index in [0.717, 1.165) is 0 Å². The molecule has 2 heterocycles. The molecule has 0 radical (unpaired) electrons. The number of carbonyl (C=O) groups is 2. The Labute approximate surface area is 180 Å². The van der Waals surface area contributed by atoms with Gasteiger partial charge in [-0.15, -0.1) is 0 Å².